The van der Waals surface area contributed by atoms with E-state index >= 15 is 0 Å². The highest BCUT2D eigenvalue weighted by atomic mass is 19.1. The Morgan fingerprint density at radius 1 is 1.09 bits per heavy atom. The zero-order valence-electron chi connectivity index (χ0n) is 18.3. The van der Waals surface area contributed by atoms with Gasteiger partial charge in [0.25, 0.3) is 0 Å². The summed E-state index contributed by atoms with van der Waals surface area (Å²) in [5.74, 6) is 2.57. The molecule has 0 saturated carbocycles. The lowest BCUT2D eigenvalue weighted by atomic mass is 9.91. The Morgan fingerprint density at radius 2 is 2.00 bits per heavy atom. The number of benzene rings is 3. The Balaban J connectivity index is 1.49. The van der Waals surface area contributed by atoms with E-state index in [2.05, 4.69) is 60.7 Å². The molecule has 1 atom stereocenters. The van der Waals surface area contributed by atoms with E-state index in [1.807, 2.05) is 36.4 Å². The molecule has 34 heavy (non-hydrogen) atoms. The highest BCUT2D eigenvalue weighted by molar-refractivity contribution is 5.85. The van der Waals surface area contributed by atoms with E-state index in [-0.39, 0.29) is 17.7 Å². The molecule has 1 unspecified atom stereocenters. The number of halogens is 1. The fourth-order valence-corrected chi connectivity index (χ4v) is 4.99. The van der Waals surface area contributed by atoms with Gasteiger partial charge in [-0.05, 0) is 58.7 Å². The van der Waals surface area contributed by atoms with E-state index in [4.69, 9.17) is 6.42 Å². The maximum atomic E-state index is 14.7. The monoisotopic (exact) mass is 448 g/mol. The summed E-state index contributed by atoms with van der Waals surface area (Å²) in [6, 6.07) is 21.5. The van der Waals surface area contributed by atoms with Gasteiger partial charge in [0.05, 0.1) is 11.6 Å². The Hall–Kier alpha value is -4.28. The molecule has 0 amide bonds. The lowest BCUT2D eigenvalue weighted by molar-refractivity contribution is 0.202. The van der Waals surface area contributed by atoms with Crippen molar-refractivity contribution < 1.29 is 4.39 Å². The summed E-state index contributed by atoms with van der Waals surface area (Å²) < 4.78 is 14.7. The lowest BCUT2D eigenvalue weighted by Gasteiger charge is -2.36. The molecule has 5 aromatic rings. The predicted molar refractivity (Wildman–Crippen MR) is 128 cm³/mol. The highest BCUT2D eigenvalue weighted by Gasteiger charge is 2.32. The largest absolute Gasteiger partial charge is 0.357 e. The number of hydrogen-bond acceptors (Lipinski definition) is 4. The van der Waals surface area contributed by atoms with Crippen molar-refractivity contribution in [1.29, 1.82) is 0 Å². The van der Waals surface area contributed by atoms with Crippen LogP contribution in [0.1, 0.15) is 34.0 Å². The van der Waals surface area contributed by atoms with E-state index < -0.39 is 0 Å². The SMILES string of the molecule is C#Cc1cccc(CN2CCc3c([nH]c4ccccc34)C2c2ccc(F)c(-c3nn[nH]n3)c2)c1. The van der Waals surface area contributed by atoms with Gasteiger partial charge in [-0.1, -0.05) is 42.3 Å². The Kier molecular flexibility index (Phi) is 4.93. The molecule has 0 aliphatic carbocycles. The first kappa shape index (κ1) is 20.3. The van der Waals surface area contributed by atoms with Crippen molar-refractivity contribution in [2.24, 2.45) is 0 Å². The Morgan fingerprint density at radius 3 is 2.85 bits per heavy atom. The molecule has 3 heterocycles. The topological polar surface area (TPSA) is 73.5 Å². The van der Waals surface area contributed by atoms with Crippen LogP contribution in [0.2, 0.25) is 0 Å². The van der Waals surface area contributed by atoms with Crippen molar-refractivity contribution >= 4 is 10.9 Å². The number of aromatic amines is 2. The van der Waals surface area contributed by atoms with E-state index in [0.717, 1.165) is 40.9 Å². The number of terminal acetylenes is 1. The van der Waals surface area contributed by atoms with Crippen LogP contribution in [0.5, 0.6) is 0 Å². The van der Waals surface area contributed by atoms with Crippen LogP contribution in [-0.4, -0.2) is 37.1 Å². The standard InChI is InChI=1S/C27H21FN6/c1-2-17-6-5-7-18(14-17)16-34-13-12-21-20-8-3-4-9-24(20)29-25(21)26(34)19-10-11-23(28)22(15-19)27-30-32-33-31-27/h1,3-11,14-15,26,29H,12-13,16H2,(H,30,31,32,33). The fourth-order valence-electron chi connectivity index (χ4n) is 4.99. The maximum Gasteiger partial charge on any atom is 0.207 e. The number of nitrogens with zero attached hydrogens (tertiary/aromatic N) is 4. The van der Waals surface area contributed by atoms with Crippen molar-refractivity contribution in [2.75, 3.05) is 6.54 Å². The van der Waals surface area contributed by atoms with E-state index in [9.17, 15) is 4.39 Å². The van der Waals surface area contributed by atoms with Crippen molar-refractivity contribution in [3.63, 3.8) is 0 Å². The van der Waals surface area contributed by atoms with Gasteiger partial charge in [-0.25, -0.2) is 4.39 Å². The van der Waals surface area contributed by atoms with Gasteiger partial charge in [0.2, 0.25) is 5.82 Å². The van der Waals surface area contributed by atoms with Crippen molar-refractivity contribution in [3.05, 3.63) is 100 Å². The van der Waals surface area contributed by atoms with Crippen LogP contribution in [0.25, 0.3) is 22.3 Å². The molecule has 166 valence electrons. The van der Waals surface area contributed by atoms with Gasteiger partial charge in [-0.2, -0.15) is 5.21 Å². The molecule has 6 rings (SSSR count). The summed E-state index contributed by atoms with van der Waals surface area (Å²) in [7, 11) is 0. The third-order valence-corrected chi connectivity index (χ3v) is 6.51. The Bertz CT molecular complexity index is 1530. The molecule has 3 aromatic carbocycles. The third kappa shape index (κ3) is 3.45. The molecule has 0 spiro atoms. The zero-order valence-corrected chi connectivity index (χ0v) is 18.3. The van der Waals surface area contributed by atoms with E-state index in [1.54, 1.807) is 0 Å². The summed E-state index contributed by atoms with van der Waals surface area (Å²) in [6.45, 7) is 1.57. The first-order chi connectivity index (χ1) is 16.7. The maximum absolute atomic E-state index is 14.7. The minimum Gasteiger partial charge on any atom is -0.357 e. The van der Waals surface area contributed by atoms with Crippen LogP contribution in [0.3, 0.4) is 0 Å². The van der Waals surface area contributed by atoms with Gasteiger partial charge in [0, 0.05) is 35.2 Å². The molecule has 0 saturated heterocycles. The highest BCUT2D eigenvalue weighted by Crippen LogP contribution is 2.40. The normalized spacial score (nSPS) is 15.8. The van der Waals surface area contributed by atoms with Crippen LogP contribution in [0.4, 0.5) is 4.39 Å². The molecule has 2 aromatic heterocycles. The van der Waals surface area contributed by atoms with Gasteiger partial charge in [0.1, 0.15) is 5.82 Å². The summed E-state index contributed by atoms with van der Waals surface area (Å²) in [5, 5.41) is 15.2. The second-order valence-electron chi connectivity index (χ2n) is 8.51. The van der Waals surface area contributed by atoms with E-state index in [1.165, 1.54) is 17.0 Å². The van der Waals surface area contributed by atoms with Gasteiger partial charge >= 0.3 is 0 Å². The number of aromatic nitrogens is 5. The molecule has 0 radical (unpaired) electrons. The molecule has 7 heteroatoms. The quantitative estimate of drug-likeness (QED) is 0.394. The number of tetrazole rings is 1. The Labute approximate surface area is 195 Å². The second kappa shape index (κ2) is 8.25. The predicted octanol–water partition coefficient (Wildman–Crippen LogP) is 4.62. The number of para-hydroxylation sites is 1. The van der Waals surface area contributed by atoms with Crippen LogP contribution < -0.4 is 0 Å². The first-order valence-electron chi connectivity index (χ1n) is 11.1. The second-order valence-corrected chi connectivity index (χ2v) is 8.51. The summed E-state index contributed by atoms with van der Waals surface area (Å²) in [5.41, 5.74) is 6.82. The fraction of sp³-hybridized carbons (Fsp3) is 0.148. The van der Waals surface area contributed by atoms with Crippen molar-refractivity contribution in [3.8, 4) is 23.7 Å². The van der Waals surface area contributed by atoms with Crippen LogP contribution in [-0.2, 0) is 13.0 Å². The summed E-state index contributed by atoms with van der Waals surface area (Å²) in [4.78, 5) is 6.06. The average molecular weight is 449 g/mol. The van der Waals surface area contributed by atoms with Gasteiger partial charge < -0.3 is 4.98 Å². The van der Waals surface area contributed by atoms with Crippen LogP contribution >= 0.6 is 0 Å². The zero-order chi connectivity index (χ0) is 23.1. The molecule has 1 aliphatic rings. The van der Waals surface area contributed by atoms with Gasteiger partial charge in [-0.15, -0.1) is 16.6 Å². The van der Waals surface area contributed by atoms with Crippen LogP contribution in [0.15, 0.2) is 66.7 Å². The van der Waals surface area contributed by atoms with Crippen molar-refractivity contribution in [1.82, 2.24) is 30.5 Å². The third-order valence-electron chi connectivity index (χ3n) is 6.51. The number of H-pyrrole nitrogens is 2. The van der Waals surface area contributed by atoms with Gasteiger partial charge in [0.15, 0.2) is 0 Å². The molecule has 0 fully saturated rings. The number of hydrogen-bond donors (Lipinski definition) is 2. The minimum absolute atomic E-state index is 0.100. The summed E-state index contributed by atoms with van der Waals surface area (Å²) in [6.07, 6.45) is 6.55. The minimum atomic E-state index is -0.383. The van der Waals surface area contributed by atoms with Gasteiger partial charge in [-0.3, -0.25) is 4.90 Å². The molecular formula is C27H21FN6. The number of fused-ring (bicyclic) bond motifs is 3. The number of rotatable bonds is 4. The lowest BCUT2D eigenvalue weighted by Crippen LogP contribution is -2.35. The first-order valence-corrected chi connectivity index (χ1v) is 11.1. The average Bonchev–Trinajstić information content (AvgIpc) is 3.53. The van der Waals surface area contributed by atoms with Crippen LogP contribution in [0, 0.1) is 18.2 Å². The molecule has 0 bridgehead atoms. The van der Waals surface area contributed by atoms with Crippen molar-refractivity contribution in [2.45, 2.75) is 19.0 Å². The number of nitrogens with one attached hydrogen (secondary N) is 2. The molecule has 1 aliphatic heterocycles. The smallest absolute Gasteiger partial charge is 0.207 e. The summed E-state index contributed by atoms with van der Waals surface area (Å²) >= 11 is 0. The van der Waals surface area contributed by atoms with E-state index in [0.29, 0.717) is 12.1 Å². The molecular weight excluding hydrogens is 427 g/mol. The molecule has 6 nitrogen and oxygen atoms in total. The molecule has 2 N–H and O–H groups in total.